The van der Waals surface area contributed by atoms with Crippen LogP contribution in [0.5, 0.6) is 11.5 Å². The fourth-order valence-corrected chi connectivity index (χ4v) is 6.35. The Morgan fingerprint density at radius 3 is 2.38 bits per heavy atom. The SMILES string of the molecule is C[C@H](Cc1c[nH]c2c(OS(C)(=O)=O)cccc12)NC[C@H](O[Si](C)(C)C(C)(C)C)c1cccc(OCc2ccccc2)c1. The summed E-state index contributed by atoms with van der Waals surface area (Å²) in [6.07, 6.45) is 3.57. The fourth-order valence-electron chi connectivity index (χ4n) is 4.60. The van der Waals surface area contributed by atoms with Gasteiger partial charge in [-0.2, -0.15) is 8.42 Å². The molecule has 4 aromatic rings. The van der Waals surface area contributed by atoms with Crippen LogP contribution in [0.2, 0.25) is 18.1 Å². The van der Waals surface area contributed by atoms with Gasteiger partial charge in [0, 0.05) is 24.2 Å². The maximum absolute atomic E-state index is 11.7. The average Bonchev–Trinajstić information content (AvgIpc) is 3.32. The van der Waals surface area contributed by atoms with Crippen LogP contribution in [0.3, 0.4) is 0 Å². The predicted octanol–water partition coefficient (Wildman–Crippen LogP) is 7.37. The standard InChI is InChI=1S/C33H44N2O5SSi/c1-24(19-27-21-35-32-29(27)17-12-18-30(32)39-41(5,36)37)34-22-31(40-42(6,7)33(2,3)4)26-15-11-16-28(20-26)38-23-25-13-9-8-10-14-25/h8-18,20-21,24,31,34-35H,19,22-23H2,1-7H3/t24-,31+/m1/s1. The molecule has 0 aliphatic carbocycles. The second-order valence-electron chi connectivity index (χ2n) is 12.5. The van der Waals surface area contributed by atoms with Crippen LogP contribution < -0.4 is 14.2 Å². The number of aromatic nitrogens is 1. The van der Waals surface area contributed by atoms with Gasteiger partial charge in [0.1, 0.15) is 12.4 Å². The van der Waals surface area contributed by atoms with Crippen molar-refractivity contribution in [2.45, 2.75) is 71.0 Å². The molecule has 1 heterocycles. The molecule has 3 aromatic carbocycles. The Kier molecular flexibility index (Phi) is 9.87. The number of nitrogens with one attached hydrogen (secondary N) is 2. The number of hydrogen-bond acceptors (Lipinski definition) is 6. The van der Waals surface area contributed by atoms with E-state index in [1.807, 2.05) is 48.7 Å². The first-order chi connectivity index (χ1) is 19.7. The molecule has 0 bridgehead atoms. The Bertz CT molecular complexity index is 1580. The van der Waals surface area contributed by atoms with Crippen molar-refractivity contribution in [2.24, 2.45) is 0 Å². The Morgan fingerprint density at radius 2 is 1.69 bits per heavy atom. The van der Waals surface area contributed by atoms with E-state index in [0.717, 1.165) is 40.5 Å². The van der Waals surface area contributed by atoms with Gasteiger partial charge >= 0.3 is 10.1 Å². The van der Waals surface area contributed by atoms with Gasteiger partial charge in [-0.05, 0) is 66.4 Å². The number of hydrogen-bond donors (Lipinski definition) is 2. The molecule has 0 unspecified atom stereocenters. The van der Waals surface area contributed by atoms with Crippen LogP contribution in [0.4, 0.5) is 0 Å². The summed E-state index contributed by atoms with van der Waals surface area (Å²) in [5.41, 5.74) is 3.97. The van der Waals surface area contributed by atoms with Gasteiger partial charge in [-0.1, -0.05) is 75.4 Å². The molecule has 0 spiro atoms. The summed E-state index contributed by atoms with van der Waals surface area (Å²) in [4.78, 5) is 3.20. The van der Waals surface area contributed by atoms with Crippen molar-refractivity contribution in [1.29, 1.82) is 0 Å². The molecule has 0 aliphatic rings. The molecule has 0 amide bonds. The predicted molar refractivity (Wildman–Crippen MR) is 173 cm³/mol. The van der Waals surface area contributed by atoms with Crippen molar-refractivity contribution in [3.8, 4) is 11.5 Å². The minimum atomic E-state index is -3.63. The third kappa shape index (κ3) is 8.47. The van der Waals surface area contributed by atoms with Crippen LogP contribution in [0.1, 0.15) is 50.5 Å². The van der Waals surface area contributed by atoms with Crippen molar-refractivity contribution < 1.29 is 21.8 Å². The van der Waals surface area contributed by atoms with Gasteiger partial charge in [0.25, 0.3) is 0 Å². The molecule has 0 saturated heterocycles. The Morgan fingerprint density at radius 1 is 0.976 bits per heavy atom. The molecule has 7 nitrogen and oxygen atoms in total. The maximum atomic E-state index is 11.7. The highest BCUT2D eigenvalue weighted by Crippen LogP contribution is 2.40. The second-order valence-corrected chi connectivity index (χ2v) is 18.8. The van der Waals surface area contributed by atoms with Crippen molar-refractivity contribution in [2.75, 3.05) is 12.8 Å². The number of benzene rings is 3. The van der Waals surface area contributed by atoms with E-state index in [9.17, 15) is 8.42 Å². The van der Waals surface area contributed by atoms with Gasteiger partial charge in [-0.3, -0.25) is 0 Å². The van der Waals surface area contributed by atoms with Gasteiger partial charge in [0.05, 0.1) is 17.9 Å². The first kappa shape index (κ1) is 31.8. The third-order valence-electron chi connectivity index (χ3n) is 7.90. The van der Waals surface area contributed by atoms with Crippen LogP contribution in [0.15, 0.2) is 79.0 Å². The molecule has 1 aromatic heterocycles. The van der Waals surface area contributed by atoms with E-state index in [-0.39, 0.29) is 17.2 Å². The van der Waals surface area contributed by atoms with Crippen molar-refractivity contribution in [3.63, 3.8) is 0 Å². The molecule has 2 atom stereocenters. The zero-order valence-corrected chi connectivity index (χ0v) is 27.5. The highest BCUT2D eigenvalue weighted by atomic mass is 32.2. The smallest absolute Gasteiger partial charge is 0.306 e. The summed E-state index contributed by atoms with van der Waals surface area (Å²) in [5, 5.41) is 4.71. The summed E-state index contributed by atoms with van der Waals surface area (Å²) >= 11 is 0. The first-order valence-electron chi connectivity index (χ1n) is 14.4. The summed E-state index contributed by atoms with van der Waals surface area (Å²) in [7, 11) is -5.71. The number of para-hydroxylation sites is 1. The van der Waals surface area contributed by atoms with Gasteiger partial charge in [0.15, 0.2) is 14.1 Å². The van der Waals surface area contributed by atoms with Crippen molar-refractivity contribution in [1.82, 2.24) is 10.3 Å². The summed E-state index contributed by atoms with van der Waals surface area (Å²) in [5.74, 6) is 1.12. The van der Waals surface area contributed by atoms with Crippen molar-refractivity contribution in [3.05, 3.63) is 95.7 Å². The van der Waals surface area contributed by atoms with Crippen LogP contribution in [0, 0.1) is 0 Å². The molecular weight excluding hydrogens is 565 g/mol. The van der Waals surface area contributed by atoms with Crippen molar-refractivity contribution >= 4 is 29.3 Å². The molecule has 226 valence electrons. The lowest BCUT2D eigenvalue weighted by atomic mass is 10.0. The molecule has 0 saturated carbocycles. The number of aromatic amines is 1. The first-order valence-corrected chi connectivity index (χ1v) is 19.1. The minimum Gasteiger partial charge on any atom is -0.489 e. The lowest BCUT2D eigenvalue weighted by Gasteiger charge is -2.39. The minimum absolute atomic E-state index is 0.0636. The Balaban J connectivity index is 1.49. The van der Waals surface area contributed by atoms with E-state index in [2.05, 4.69) is 75.4 Å². The van der Waals surface area contributed by atoms with E-state index >= 15 is 0 Å². The Hall–Kier alpha value is -3.11. The average molecular weight is 609 g/mol. The number of rotatable bonds is 13. The lowest BCUT2D eigenvalue weighted by molar-refractivity contribution is 0.175. The van der Waals surface area contributed by atoms with Crippen LogP contribution in [-0.4, -0.2) is 40.6 Å². The van der Waals surface area contributed by atoms with E-state index in [4.69, 9.17) is 13.3 Å². The normalized spacial score (nSPS) is 14.1. The van der Waals surface area contributed by atoms with E-state index in [0.29, 0.717) is 24.4 Å². The van der Waals surface area contributed by atoms with Gasteiger partial charge in [0.2, 0.25) is 0 Å². The number of fused-ring (bicyclic) bond motifs is 1. The van der Waals surface area contributed by atoms with E-state index in [1.54, 1.807) is 6.07 Å². The Labute approximate surface area is 251 Å². The van der Waals surface area contributed by atoms with E-state index in [1.165, 1.54) is 0 Å². The molecule has 0 aliphatic heterocycles. The van der Waals surface area contributed by atoms with E-state index < -0.39 is 18.4 Å². The fraction of sp³-hybridized carbons (Fsp3) is 0.394. The molecule has 2 N–H and O–H groups in total. The zero-order chi connectivity index (χ0) is 30.5. The van der Waals surface area contributed by atoms with Crippen LogP contribution >= 0.6 is 0 Å². The maximum Gasteiger partial charge on any atom is 0.306 e. The molecule has 9 heteroatoms. The lowest BCUT2D eigenvalue weighted by Crippen LogP contribution is -2.44. The highest BCUT2D eigenvalue weighted by molar-refractivity contribution is 7.86. The number of H-pyrrole nitrogens is 1. The monoisotopic (exact) mass is 608 g/mol. The van der Waals surface area contributed by atoms with Gasteiger partial charge < -0.3 is 23.6 Å². The second kappa shape index (κ2) is 13.0. The van der Waals surface area contributed by atoms with Gasteiger partial charge in [-0.15, -0.1) is 0 Å². The highest BCUT2D eigenvalue weighted by Gasteiger charge is 2.39. The van der Waals surface area contributed by atoms with Crippen LogP contribution in [-0.2, 0) is 27.6 Å². The summed E-state index contributed by atoms with van der Waals surface area (Å²) in [6, 6.07) is 24.0. The third-order valence-corrected chi connectivity index (χ3v) is 12.9. The molecule has 42 heavy (non-hydrogen) atoms. The molecule has 0 radical (unpaired) electrons. The quantitative estimate of drug-likeness (QED) is 0.122. The van der Waals surface area contributed by atoms with Gasteiger partial charge in [-0.25, -0.2) is 0 Å². The molecule has 0 fully saturated rings. The molecule has 4 rings (SSSR count). The summed E-state index contributed by atoms with van der Waals surface area (Å²) < 4.78 is 41.7. The zero-order valence-electron chi connectivity index (χ0n) is 25.7. The largest absolute Gasteiger partial charge is 0.489 e. The van der Waals surface area contributed by atoms with Crippen LogP contribution in [0.25, 0.3) is 10.9 Å². The number of ether oxygens (including phenoxy) is 1. The summed E-state index contributed by atoms with van der Waals surface area (Å²) in [6.45, 7) is 14.6. The molecular formula is C33H44N2O5SSi. The topological polar surface area (TPSA) is 89.7 Å².